The Balaban J connectivity index is 2.30. The number of nitrogens with one attached hydrogen (secondary N) is 1. The van der Waals surface area contributed by atoms with E-state index >= 15 is 0 Å². The molecule has 22 heavy (non-hydrogen) atoms. The predicted molar refractivity (Wildman–Crippen MR) is 86.6 cm³/mol. The van der Waals surface area contributed by atoms with Gasteiger partial charge < -0.3 is 10.1 Å². The zero-order valence-electron chi connectivity index (χ0n) is 12.1. The molecule has 0 saturated heterocycles. The second-order valence-corrected chi connectivity index (χ2v) is 5.28. The highest BCUT2D eigenvalue weighted by Gasteiger charge is 2.15. The lowest BCUT2D eigenvalue weighted by Crippen LogP contribution is -2.19. The van der Waals surface area contributed by atoms with Crippen LogP contribution in [0.15, 0.2) is 48.5 Å². The number of rotatable bonds is 5. The summed E-state index contributed by atoms with van der Waals surface area (Å²) in [4.78, 5) is 11.0. The van der Waals surface area contributed by atoms with Crippen LogP contribution in [0.4, 0.5) is 17.1 Å². The first-order valence-corrected chi connectivity index (χ1v) is 7.50. The Hall–Kier alpha value is -2.38. The maximum atomic E-state index is 11.7. The zero-order chi connectivity index (χ0) is 16.1. The molecule has 0 heterocycles. The highest BCUT2D eigenvalue weighted by atomic mass is 32.2. The standard InChI is InChI=1S/C15H16N2O4S/c1-11(18)16-12-3-5-13(6-4-12)17(22(19)20)14-7-9-15(21-2)10-8-14/h3-10H,1-2H3,(H,16,18)(H,19,20). The minimum Gasteiger partial charge on any atom is -0.497 e. The van der Waals surface area contributed by atoms with E-state index in [1.54, 1.807) is 55.6 Å². The number of methoxy groups -OCH3 is 1. The van der Waals surface area contributed by atoms with E-state index in [2.05, 4.69) is 5.32 Å². The lowest BCUT2D eigenvalue weighted by Gasteiger charge is -2.20. The molecular weight excluding hydrogens is 304 g/mol. The van der Waals surface area contributed by atoms with Crippen LogP contribution >= 0.6 is 0 Å². The summed E-state index contributed by atoms with van der Waals surface area (Å²) in [5.74, 6) is 0.485. The molecule has 7 heteroatoms. The number of hydrogen-bond donors (Lipinski definition) is 2. The Morgan fingerprint density at radius 1 is 1.09 bits per heavy atom. The van der Waals surface area contributed by atoms with Crippen molar-refractivity contribution in [2.75, 3.05) is 16.7 Å². The van der Waals surface area contributed by atoms with Crippen LogP contribution in [0.2, 0.25) is 0 Å². The zero-order valence-corrected chi connectivity index (χ0v) is 13.0. The van der Waals surface area contributed by atoms with Crippen LogP contribution in [0, 0.1) is 0 Å². The van der Waals surface area contributed by atoms with Crippen molar-refractivity contribution in [3.63, 3.8) is 0 Å². The van der Waals surface area contributed by atoms with Crippen molar-refractivity contribution in [1.29, 1.82) is 0 Å². The summed E-state index contributed by atoms with van der Waals surface area (Å²) in [5.41, 5.74) is 1.70. The third-order valence-electron chi connectivity index (χ3n) is 2.89. The lowest BCUT2D eigenvalue weighted by molar-refractivity contribution is -0.114. The Labute approximate surface area is 131 Å². The summed E-state index contributed by atoms with van der Waals surface area (Å²) in [7, 11) is 1.55. The second-order valence-electron chi connectivity index (χ2n) is 4.45. The summed E-state index contributed by atoms with van der Waals surface area (Å²) >= 11 is -2.23. The molecule has 0 radical (unpaired) electrons. The van der Waals surface area contributed by atoms with Crippen LogP contribution in [-0.2, 0) is 16.1 Å². The van der Waals surface area contributed by atoms with Crippen LogP contribution in [0.25, 0.3) is 0 Å². The number of ether oxygens (including phenoxy) is 1. The van der Waals surface area contributed by atoms with E-state index in [0.717, 1.165) is 0 Å². The highest BCUT2D eigenvalue weighted by molar-refractivity contribution is 7.81. The van der Waals surface area contributed by atoms with Crippen molar-refractivity contribution in [1.82, 2.24) is 0 Å². The summed E-state index contributed by atoms with van der Waals surface area (Å²) in [5, 5.41) is 2.64. The summed E-state index contributed by atoms with van der Waals surface area (Å²) in [6, 6.07) is 13.4. The minimum absolute atomic E-state index is 0.175. The molecule has 0 aromatic heterocycles. The topological polar surface area (TPSA) is 78.9 Å². The van der Waals surface area contributed by atoms with Crippen LogP contribution < -0.4 is 14.4 Å². The normalized spacial score (nSPS) is 11.6. The molecule has 2 aromatic carbocycles. The van der Waals surface area contributed by atoms with Crippen LogP contribution in [0.3, 0.4) is 0 Å². The molecule has 0 bridgehead atoms. The van der Waals surface area contributed by atoms with Gasteiger partial charge in [0, 0.05) is 12.6 Å². The van der Waals surface area contributed by atoms with Gasteiger partial charge in [-0.2, -0.15) is 0 Å². The van der Waals surface area contributed by atoms with E-state index in [9.17, 15) is 13.6 Å². The molecular formula is C15H16N2O4S. The molecule has 116 valence electrons. The highest BCUT2D eigenvalue weighted by Crippen LogP contribution is 2.29. The van der Waals surface area contributed by atoms with Gasteiger partial charge in [-0.25, -0.2) is 8.51 Å². The first-order chi connectivity index (χ1) is 10.5. The quantitative estimate of drug-likeness (QED) is 0.830. The van der Waals surface area contributed by atoms with Crippen molar-refractivity contribution in [2.24, 2.45) is 0 Å². The average molecular weight is 320 g/mol. The summed E-state index contributed by atoms with van der Waals surface area (Å²) < 4.78 is 27.5. The maximum absolute atomic E-state index is 11.7. The molecule has 0 aliphatic carbocycles. The summed E-state index contributed by atoms with van der Waals surface area (Å²) in [6.07, 6.45) is 0. The van der Waals surface area contributed by atoms with Gasteiger partial charge in [0.25, 0.3) is 11.3 Å². The van der Waals surface area contributed by atoms with Crippen LogP contribution in [-0.4, -0.2) is 21.8 Å². The van der Waals surface area contributed by atoms with Gasteiger partial charge in [-0.3, -0.25) is 9.35 Å². The Morgan fingerprint density at radius 2 is 1.59 bits per heavy atom. The number of nitrogens with zero attached hydrogens (tertiary/aromatic N) is 1. The molecule has 0 fully saturated rings. The Morgan fingerprint density at radius 3 is 2.00 bits per heavy atom. The van der Waals surface area contributed by atoms with Gasteiger partial charge in [-0.05, 0) is 48.5 Å². The van der Waals surface area contributed by atoms with Gasteiger partial charge in [-0.1, -0.05) is 0 Å². The smallest absolute Gasteiger partial charge is 0.266 e. The molecule has 1 unspecified atom stereocenters. The van der Waals surface area contributed by atoms with Crippen LogP contribution in [0.5, 0.6) is 5.75 Å². The van der Waals surface area contributed by atoms with Crippen molar-refractivity contribution in [2.45, 2.75) is 6.92 Å². The first-order valence-electron chi connectivity index (χ1n) is 6.44. The fraction of sp³-hybridized carbons (Fsp3) is 0.133. The molecule has 0 aliphatic heterocycles. The average Bonchev–Trinajstić information content (AvgIpc) is 2.49. The van der Waals surface area contributed by atoms with Gasteiger partial charge in [0.1, 0.15) is 5.75 Å². The van der Waals surface area contributed by atoms with Gasteiger partial charge in [-0.15, -0.1) is 0 Å². The number of carbonyl (C=O) groups excluding carboxylic acids is 1. The van der Waals surface area contributed by atoms with E-state index in [1.165, 1.54) is 11.2 Å². The fourth-order valence-corrected chi connectivity index (χ4v) is 2.53. The molecule has 2 N–H and O–H groups in total. The molecule has 0 saturated carbocycles. The predicted octanol–water partition coefficient (Wildman–Crippen LogP) is 2.93. The number of hydrogen-bond acceptors (Lipinski definition) is 3. The number of carbonyl (C=O) groups is 1. The maximum Gasteiger partial charge on any atom is 0.266 e. The number of benzene rings is 2. The van der Waals surface area contributed by atoms with Gasteiger partial charge >= 0.3 is 0 Å². The molecule has 1 amide bonds. The van der Waals surface area contributed by atoms with Crippen molar-refractivity contribution < 1.29 is 18.3 Å². The Bertz CT molecular complexity index is 671. The third-order valence-corrected chi connectivity index (χ3v) is 3.62. The molecule has 0 aliphatic rings. The Kier molecular flexibility index (Phi) is 5.13. The van der Waals surface area contributed by atoms with Crippen molar-refractivity contribution >= 4 is 34.2 Å². The number of anilines is 3. The lowest BCUT2D eigenvalue weighted by atomic mass is 10.2. The van der Waals surface area contributed by atoms with Crippen molar-refractivity contribution in [3.05, 3.63) is 48.5 Å². The molecule has 2 aromatic rings. The van der Waals surface area contributed by atoms with E-state index in [-0.39, 0.29) is 5.91 Å². The van der Waals surface area contributed by atoms with E-state index < -0.39 is 11.3 Å². The van der Waals surface area contributed by atoms with E-state index in [4.69, 9.17) is 4.74 Å². The fourth-order valence-electron chi connectivity index (χ4n) is 1.93. The van der Waals surface area contributed by atoms with Gasteiger partial charge in [0.15, 0.2) is 0 Å². The second kappa shape index (κ2) is 7.06. The molecule has 6 nitrogen and oxygen atoms in total. The van der Waals surface area contributed by atoms with Crippen LogP contribution in [0.1, 0.15) is 6.92 Å². The number of amides is 1. The largest absolute Gasteiger partial charge is 0.497 e. The molecule has 2 rings (SSSR count). The van der Waals surface area contributed by atoms with Gasteiger partial charge in [0.05, 0.1) is 18.5 Å². The van der Waals surface area contributed by atoms with Crippen molar-refractivity contribution in [3.8, 4) is 5.75 Å². The summed E-state index contributed by atoms with van der Waals surface area (Å²) in [6.45, 7) is 1.42. The van der Waals surface area contributed by atoms with Gasteiger partial charge in [0.2, 0.25) is 5.91 Å². The van der Waals surface area contributed by atoms with E-state index in [1.807, 2.05) is 0 Å². The SMILES string of the molecule is COc1ccc(N(c2ccc(NC(C)=O)cc2)S(=O)O)cc1. The van der Waals surface area contributed by atoms with E-state index in [0.29, 0.717) is 22.8 Å². The molecule has 0 spiro atoms. The first kappa shape index (κ1) is 16.0. The molecule has 1 atom stereocenters. The third kappa shape index (κ3) is 3.84. The minimum atomic E-state index is -2.23. The monoisotopic (exact) mass is 320 g/mol.